The summed E-state index contributed by atoms with van der Waals surface area (Å²) in [7, 11) is -3.71. The van der Waals surface area contributed by atoms with Crippen molar-refractivity contribution in [1.82, 2.24) is 9.97 Å². The van der Waals surface area contributed by atoms with Crippen LogP contribution < -0.4 is 10.5 Å². The third-order valence-corrected chi connectivity index (χ3v) is 6.15. The first-order valence-corrected chi connectivity index (χ1v) is 10.5. The number of fused-ring (bicyclic) bond motifs is 3. The highest BCUT2D eigenvalue weighted by atomic mass is 35.5. The fraction of sp³-hybridized carbons (Fsp3) is 0.0588. The summed E-state index contributed by atoms with van der Waals surface area (Å²) in [4.78, 5) is 10.1. The van der Waals surface area contributed by atoms with Gasteiger partial charge in [-0.25, -0.2) is 23.5 Å². The second-order valence-corrected chi connectivity index (χ2v) is 8.71. The molecule has 26 heavy (non-hydrogen) atoms. The van der Waals surface area contributed by atoms with Gasteiger partial charge in [0.1, 0.15) is 0 Å². The van der Waals surface area contributed by atoms with Crippen LogP contribution in [0.1, 0.15) is 5.56 Å². The Morgan fingerprint density at radius 2 is 1.92 bits per heavy atom. The molecule has 1 aliphatic heterocycles. The zero-order chi connectivity index (χ0) is 18.3. The second-order valence-electron chi connectivity index (χ2n) is 5.69. The molecule has 0 unspecified atom stereocenters. The highest BCUT2D eigenvalue weighted by Crippen LogP contribution is 2.41. The molecule has 0 saturated heterocycles. The number of benzene rings is 2. The van der Waals surface area contributed by atoms with E-state index < -0.39 is 10.0 Å². The molecular formula is C17H13ClN4O2S2. The van der Waals surface area contributed by atoms with Gasteiger partial charge in [0.15, 0.2) is 0 Å². The molecule has 9 heteroatoms. The average molecular weight is 405 g/mol. The lowest BCUT2D eigenvalue weighted by Crippen LogP contribution is -2.11. The number of aromatic nitrogens is 2. The van der Waals surface area contributed by atoms with E-state index in [0.717, 1.165) is 27.5 Å². The predicted molar refractivity (Wildman–Crippen MR) is 103 cm³/mol. The molecule has 3 N–H and O–H groups in total. The molecule has 132 valence electrons. The van der Waals surface area contributed by atoms with E-state index in [4.69, 9.17) is 16.7 Å². The molecule has 0 atom stereocenters. The van der Waals surface area contributed by atoms with Crippen LogP contribution in [0, 0.1) is 0 Å². The van der Waals surface area contributed by atoms with Crippen LogP contribution in [0.15, 0.2) is 58.5 Å². The van der Waals surface area contributed by atoms with Gasteiger partial charge in [0, 0.05) is 38.7 Å². The van der Waals surface area contributed by atoms with Crippen LogP contribution in [0.2, 0.25) is 5.02 Å². The molecule has 0 radical (unpaired) electrons. The number of halogens is 1. The molecule has 2 aromatic carbocycles. The highest BCUT2D eigenvalue weighted by molar-refractivity contribution is 7.98. The van der Waals surface area contributed by atoms with Crippen LogP contribution in [0.4, 0.5) is 11.6 Å². The van der Waals surface area contributed by atoms with E-state index in [-0.39, 0.29) is 4.90 Å². The third-order valence-electron chi connectivity index (χ3n) is 3.89. The minimum absolute atomic E-state index is 0.0530. The van der Waals surface area contributed by atoms with E-state index in [0.29, 0.717) is 16.7 Å². The lowest BCUT2D eigenvalue weighted by Gasteiger charge is -2.19. The summed E-state index contributed by atoms with van der Waals surface area (Å²) in [5, 5.41) is 8.89. The molecule has 6 nitrogen and oxygen atoms in total. The molecule has 3 aromatic rings. The van der Waals surface area contributed by atoms with Crippen LogP contribution in [0.3, 0.4) is 0 Å². The zero-order valence-electron chi connectivity index (χ0n) is 13.3. The fourth-order valence-corrected chi connectivity index (χ4v) is 4.43. The molecule has 0 spiro atoms. The number of sulfonamides is 1. The van der Waals surface area contributed by atoms with Gasteiger partial charge in [0.05, 0.1) is 10.6 Å². The maximum absolute atomic E-state index is 11.3. The average Bonchev–Trinajstić information content (AvgIpc) is 2.61. The van der Waals surface area contributed by atoms with E-state index in [1.165, 1.54) is 12.1 Å². The number of nitrogens with two attached hydrogens (primary N) is 1. The first-order chi connectivity index (χ1) is 12.4. The van der Waals surface area contributed by atoms with E-state index in [1.807, 2.05) is 18.2 Å². The SMILES string of the molecule is NS(=O)(=O)c1ccc(Nc2ncc3c(n2)-c2ccc(Cl)cc2SC3)cc1. The van der Waals surface area contributed by atoms with Crippen LogP contribution in [-0.2, 0) is 15.8 Å². The number of nitrogens with one attached hydrogen (secondary N) is 1. The minimum Gasteiger partial charge on any atom is -0.324 e. The van der Waals surface area contributed by atoms with Gasteiger partial charge in [-0.3, -0.25) is 0 Å². The maximum atomic E-state index is 11.3. The summed E-state index contributed by atoms with van der Waals surface area (Å²) < 4.78 is 22.7. The summed E-state index contributed by atoms with van der Waals surface area (Å²) in [6, 6.07) is 11.8. The highest BCUT2D eigenvalue weighted by Gasteiger charge is 2.19. The van der Waals surface area contributed by atoms with Crippen molar-refractivity contribution in [3.63, 3.8) is 0 Å². The molecule has 4 rings (SSSR count). The van der Waals surface area contributed by atoms with E-state index in [9.17, 15) is 8.42 Å². The summed E-state index contributed by atoms with van der Waals surface area (Å²) in [5.74, 6) is 1.21. The molecule has 0 aliphatic carbocycles. The van der Waals surface area contributed by atoms with Crippen LogP contribution in [0.5, 0.6) is 0 Å². The zero-order valence-corrected chi connectivity index (χ0v) is 15.7. The van der Waals surface area contributed by atoms with Crippen molar-refractivity contribution in [2.24, 2.45) is 5.14 Å². The van der Waals surface area contributed by atoms with Crippen molar-refractivity contribution in [3.05, 3.63) is 59.2 Å². The Labute approximate surface area is 159 Å². The van der Waals surface area contributed by atoms with Gasteiger partial charge in [-0.2, -0.15) is 0 Å². The van der Waals surface area contributed by atoms with E-state index >= 15 is 0 Å². The minimum atomic E-state index is -3.71. The largest absolute Gasteiger partial charge is 0.324 e. The van der Waals surface area contributed by atoms with Crippen molar-refractivity contribution in [1.29, 1.82) is 0 Å². The van der Waals surface area contributed by atoms with Gasteiger partial charge in [-0.1, -0.05) is 17.7 Å². The Hall–Kier alpha value is -2.13. The first-order valence-electron chi connectivity index (χ1n) is 7.59. The van der Waals surface area contributed by atoms with E-state index in [1.54, 1.807) is 30.1 Å². The Bertz CT molecular complexity index is 1100. The topological polar surface area (TPSA) is 98.0 Å². The molecule has 0 bridgehead atoms. The standard InChI is InChI=1S/C17H13ClN4O2S2/c18-11-1-6-14-15(7-11)25-9-10-8-20-17(22-16(10)14)21-12-2-4-13(5-3-12)26(19,23)24/h1-8H,9H2,(H2,19,23,24)(H,20,21,22). The Balaban J connectivity index is 1.66. The number of primary sulfonamides is 1. The molecule has 0 saturated carbocycles. The smallest absolute Gasteiger partial charge is 0.238 e. The normalized spacial score (nSPS) is 13.0. The molecule has 1 aromatic heterocycles. The summed E-state index contributed by atoms with van der Waals surface area (Å²) in [6.45, 7) is 0. The van der Waals surface area contributed by atoms with Gasteiger partial charge >= 0.3 is 0 Å². The number of hydrogen-bond donors (Lipinski definition) is 2. The van der Waals surface area contributed by atoms with Gasteiger partial charge in [-0.15, -0.1) is 11.8 Å². The van der Waals surface area contributed by atoms with Crippen molar-refractivity contribution in [2.75, 3.05) is 5.32 Å². The Morgan fingerprint density at radius 3 is 2.65 bits per heavy atom. The molecule has 0 fully saturated rings. The monoisotopic (exact) mass is 404 g/mol. The number of rotatable bonds is 3. The number of anilines is 2. The van der Waals surface area contributed by atoms with Crippen LogP contribution in [-0.4, -0.2) is 18.4 Å². The van der Waals surface area contributed by atoms with Crippen LogP contribution >= 0.6 is 23.4 Å². The van der Waals surface area contributed by atoms with Crippen LogP contribution in [0.25, 0.3) is 11.3 Å². The molecular weight excluding hydrogens is 392 g/mol. The molecule has 2 heterocycles. The van der Waals surface area contributed by atoms with Gasteiger partial charge in [0.2, 0.25) is 16.0 Å². The van der Waals surface area contributed by atoms with E-state index in [2.05, 4.69) is 15.3 Å². The number of thioether (sulfide) groups is 1. The predicted octanol–water partition coefficient (Wildman–Crippen LogP) is 3.79. The first kappa shape index (κ1) is 17.3. The van der Waals surface area contributed by atoms with Gasteiger partial charge in [0.25, 0.3) is 0 Å². The number of hydrogen-bond acceptors (Lipinski definition) is 6. The lowest BCUT2D eigenvalue weighted by molar-refractivity contribution is 0.598. The van der Waals surface area contributed by atoms with Crippen molar-refractivity contribution >= 4 is 45.0 Å². The molecule has 1 aliphatic rings. The maximum Gasteiger partial charge on any atom is 0.238 e. The summed E-state index contributed by atoms with van der Waals surface area (Å²) >= 11 is 7.78. The Morgan fingerprint density at radius 1 is 1.15 bits per heavy atom. The van der Waals surface area contributed by atoms with Crippen molar-refractivity contribution in [2.45, 2.75) is 15.5 Å². The van der Waals surface area contributed by atoms with Crippen molar-refractivity contribution < 1.29 is 8.42 Å². The Kier molecular flexibility index (Phi) is 4.36. The number of nitrogens with zero attached hydrogens (tertiary/aromatic N) is 2. The quantitative estimate of drug-likeness (QED) is 0.689. The molecule has 0 amide bonds. The second kappa shape index (κ2) is 6.55. The summed E-state index contributed by atoms with van der Waals surface area (Å²) in [5.41, 5.74) is 3.61. The summed E-state index contributed by atoms with van der Waals surface area (Å²) in [6.07, 6.45) is 1.80. The van der Waals surface area contributed by atoms with Crippen molar-refractivity contribution in [3.8, 4) is 11.3 Å². The lowest BCUT2D eigenvalue weighted by atomic mass is 10.1. The third kappa shape index (κ3) is 3.41. The van der Waals surface area contributed by atoms with Gasteiger partial charge in [-0.05, 0) is 36.4 Å². The van der Waals surface area contributed by atoms with Gasteiger partial charge < -0.3 is 5.32 Å². The fourth-order valence-electron chi connectivity index (χ4n) is 2.63.